The third-order valence-corrected chi connectivity index (χ3v) is 1.25. The van der Waals surface area contributed by atoms with Gasteiger partial charge >= 0.3 is 0 Å². The Morgan fingerprint density at radius 1 is 1.22 bits per heavy atom. The number of hydrazine groups is 1. The van der Waals surface area contributed by atoms with Gasteiger partial charge in [0.05, 0.1) is 6.61 Å². The highest BCUT2D eigenvalue weighted by Gasteiger charge is 1.99. The van der Waals surface area contributed by atoms with Crippen molar-refractivity contribution in [3.05, 3.63) is 0 Å². The highest BCUT2D eigenvalue weighted by Crippen LogP contribution is 1.89. The maximum Gasteiger partial charge on any atom is 0.0673 e. The van der Waals surface area contributed by atoms with Gasteiger partial charge in [0, 0.05) is 20.6 Å². The van der Waals surface area contributed by atoms with E-state index >= 15 is 0 Å². The van der Waals surface area contributed by atoms with Crippen molar-refractivity contribution in [2.45, 2.75) is 13.8 Å². The molecule has 0 bridgehead atoms. The molecular formula is C6H16N2O. The van der Waals surface area contributed by atoms with E-state index in [1.54, 1.807) is 5.17 Å². The number of rotatable bonds is 4. The molecule has 0 aliphatic carbocycles. The lowest BCUT2D eigenvalue weighted by Crippen LogP contribution is -2.36. The number of nitrogens with zero attached hydrogens (tertiary/aromatic N) is 2. The summed E-state index contributed by atoms with van der Waals surface area (Å²) in [7, 11) is 3.88. The van der Waals surface area contributed by atoms with E-state index in [9.17, 15) is 0 Å². The Bertz CT molecular complexity index is 68.1. The fourth-order valence-electron chi connectivity index (χ4n) is 0.485. The molecule has 0 N–H and O–H groups in total. The van der Waals surface area contributed by atoms with Crippen LogP contribution in [-0.2, 0) is 4.84 Å². The van der Waals surface area contributed by atoms with Gasteiger partial charge in [-0.25, -0.2) is 5.01 Å². The van der Waals surface area contributed by atoms with Crippen molar-refractivity contribution in [2.24, 2.45) is 0 Å². The largest absolute Gasteiger partial charge is 0.285 e. The second kappa shape index (κ2) is 4.73. The Morgan fingerprint density at radius 3 is 2.11 bits per heavy atom. The van der Waals surface area contributed by atoms with E-state index in [0.717, 1.165) is 13.2 Å². The van der Waals surface area contributed by atoms with Crippen LogP contribution in [0.5, 0.6) is 0 Å². The predicted octanol–water partition coefficient (Wildman–Crippen LogP) is 0.736. The van der Waals surface area contributed by atoms with Gasteiger partial charge in [-0.3, -0.25) is 4.84 Å². The summed E-state index contributed by atoms with van der Waals surface area (Å²) in [6, 6.07) is 0. The molecule has 0 saturated carbocycles. The van der Waals surface area contributed by atoms with Crippen LogP contribution in [0.3, 0.4) is 0 Å². The minimum Gasteiger partial charge on any atom is -0.285 e. The van der Waals surface area contributed by atoms with Crippen LogP contribution in [0.4, 0.5) is 0 Å². The van der Waals surface area contributed by atoms with E-state index in [1.165, 1.54) is 0 Å². The predicted molar refractivity (Wildman–Crippen MR) is 37.7 cm³/mol. The molecule has 0 radical (unpaired) electrons. The topological polar surface area (TPSA) is 15.7 Å². The molecule has 0 aromatic heterocycles. The minimum absolute atomic E-state index is 0.723. The van der Waals surface area contributed by atoms with Gasteiger partial charge in [-0.1, -0.05) is 6.92 Å². The number of hydrogen-bond acceptors (Lipinski definition) is 3. The quantitative estimate of drug-likeness (QED) is 0.525. The zero-order valence-corrected chi connectivity index (χ0v) is 6.72. The van der Waals surface area contributed by atoms with Crippen molar-refractivity contribution in [1.29, 1.82) is 0 Å². The van der Waals surface area contributed by atoms with Crippen LogP contribution in [0.1, 0.15) is 13.8 Å². The molecule has 0 unspecified atom stereocenters. The summed E-state index contributed by atoms with van der Waals surface area (Å²) in [6.45, 7) is 5.74. The molecule has 0 aliphatic rings. The van der Waals surface area contributed by atoms with Gasteiger partial charge in [0.25, 0.3) is 0 Å². The van der Waals surface area contributed by atoms with E-state index in [2.05, 4.69) is 6.92 Å². The first-order valence-electron chi connectivity index (χ1n) is 3.30. The highest BCUT2D eigenvalue weighted by molar-refractivity contribution is 4.29. The fraction of sp³-hybridized carbons (Fsp3) is 1.00. The van der Waals surface area contributed by atoms with Crippen molar-refractivity contribution in [2.75, 3.05) is 27.2 Å². The standard InChI is InChI=1S/C6H16N2O/c1-5-7(3)8(4)9-6-2/h5-6H2,1-4H3. The second-order valence-electron chi connectivity index (χ2n) is 1.86. The van der Waals surface area contributed by atoms with E-state index in [0.29, 0.717) is 0 Å². The molecule has 0 saturated heterocycles. The van der Waals surface area contributed by atoms with Gasteiger partial charge in [-0.15, -0.1) is 5.17 Å². The van der Waals surface area contributed by atoms with Crippen molar-refractivity contribution < 1.29 is 4.84 Å². The summed E-state index contributed by atoms with van der Waals surface area (Å²) in [5.41, 5.74) is 0. The summed E-state index contributed by atoms with van der Waals surface area (Å²) < 4.78 is 0. The molecule has 0 rings (SSSR count). The van der Waals surface area contributed by atoms with Gasteiger partial charge in [0.15, 0.2) is 0 Å². The number of hydrogen-bond donors (Lipinski definition) is 0. The lowest BCUT2D eigenvalue weighted by Gasteiger charge is -2.24. The molecule has 0 atom stereocenters. The maximum atomic E-state index is 5.15. The molecule has 0 heterocycles. The first-order chi connectivity index (χ1) is 4.22. The van der Waals surface area contributed by atoms with Crippen molar-refractivity contribution in [1.82, 2.24) is 10.2 Å². The molecule has 0 aromatic carbocycles. The van der Waals surface area contributed by atoms with Crippen molar-refractivity contribution in [3.63, 3.8) is 0 Å². The van der Waals surface area contributed by atoms with Crippen LogP contribution in [0.25, 0.3) is 0 Å². The smallest absolute Gasteiger partial charge is 0.0673 e. The summed E-state index contributed by atoms with van der Waals surface area (Å²) >= 11 is 0. The highest BCUT2D eigenvalue weighted by atomic mass is 16.7. The third-order valence-electron chi connectivity index (χ3n) is 1.25. The molecular weight excluding hydrogens is 116 g/mol. The van der Waals surface area contributed by atoms with Crippen LogP contribution < -0.4 is 0 Å². The fourth-order valence-corrected chi connectivity index (χ4v) is 0.485. The molecule has 56 valence electrons. The van der Waals surface area contributed by atoms with E-state index in [-0.39, 0.29) is 0 Å². The second-order valence-corrected chi connectivity index (χ2v) is 1.86. The van der Waals surface area contributed by atoms with Gasteiger partial charge in [-0.2, -0.15) is 0 Å². The van der Waals surface area contributed by atoms with Crippen LogP contribution in [0.2, 0.25) is 0 Å². The molecule has 0 amide bonds. The maximum absolute atomic E-state index is 5.15. The van der Waals surface area contributed by atoms with E-state index in [1.807, 2.05) is 26.0 Å². The Morgan fingerprint density at radius 2 is 1.78 bits per heavy atom. The van der Waals surface area contributed by atoms with Gasteiger partial charge < -0.3 is 0 Å². The molecule has 0 aromatic rings. The van der Waals surface area contributed by atoms with Gasteiger partial charge in [0.1, 0.15) is 0 Å². The summed E-state index contributed by atoms with van der Waals surface area (Å²) in [6.07, 6.45) is 0. The van der Waals surface area contributed by atoms with Crippen molar-refractivity contribution >= 4 is 0 Å². The Kier molecular flexibility index (Phi) is 4.67. The molecule has 0 aliphatic heterocycles. The zero-order valence-electron chi connectivity index (χ0n) is 6.72. The Hall–Kier alpha value is -0.120. The van der Waals surface area contributed by atoms with Crippen LogP contribution >= 0.6 is 0 Å². The normalized spacial score (nSPS) is 11.3. The van der Waals surface area contributed by atoms with Gasteiger partial charge in [-0.05, 0) is 6.92 Å². The van der Waals surface area contributed by atoms with E-state index < -0.39 is 0 Å². The Labute approximate surface area is 57.1 Å². The summed E-state index contributed by atoms with van der Waals surface area (Å²) in [5.74, 6) is 0. The summed E-state index contributed by atoms with van der Waals surface area (Å²) in [4.78, 5) is 5.15. The zero-order chi connectivity index (χ0) is 7.28. The molecule has 0 fully saturated rings. The number of hydroxylamine groups is 1. The first kappa shape index (κ1) is 8.88. The summed E-state index contributed by atoms with van der Waals surface area (Å²) in [5, 5.41) is 3.73. The monoisotopic (exact) mass is 132 g/mol. The van der Waals surface area contributed by atoms with Crippen LogP contribution in [-0.4, -0.2) is 37.4 Å². The third kappa shape index (κ3) is 3.46. The first-order valence-corrected chi connectivity index (χ1v) is 3.30. The molecule has 0 spiro atoms. The minimum atomic E-state index is 0.723. The molecule has 9 heavy (non-hydrogen) atoms. The van der Waals surface area contributed by atoms with Gasteiger partial charge in [0.2, 0.25) is 0 Å². The molecule has 3 heteroatoms. The van der Waals surface area contributed by atoms with Crippen LogP contribution in [0.15, 0.2) is 0 Å². The lowest BCUT2D eigenvalue weighted by atomic mass is 10.7. The average molecular weight is 132 g/mol. The average Bonchev–Trinajstić information content (AvgIpc) is 1.87. The SMILES string of the molecule is CCON(C)N(C)CC. The molecule has 3 nitrogen and oxygen atoms in total. The lowest BCUT2D eigenvalue weighted by molar-refractivity contribution is -0.254. The van der Waals surface area contributed by atoms with E-state index in [4.69, 9.17) is 4.84 Å². The van der Waals surface area contributed by atoms with Crippen LogP contribution in [0, 0.1) is 0 Å². The Balaban J connectivity index is 3.32. The van der Waals surface area contributed by atoms with Crippen molar-refractivity contribution in [3.8, 4) is 0 Å².